The number of carbonyl (C=O) groups excluding carboxylic acids is 1. The van der Waals surface area contributed by atoms with E-state index in [0.717, 1.165) is 51.1 Å². The first kappa shape index (κ1) is 16.9. The molecule has 1 amide bonds. The lowest BCUT2D eigenvalue weighted by molar-refractivity contribution is 0.0565. The van der Waals surface area contributed by atoms with E-state index in [4.69, 9.17) is 0 Å². The normalized spacial score (nSPS) is 26.9. The Morgan fingerprint density at radius 1 is 1.26 bits per heavy atom. The highest BCUT2D eigenvalue weighted by molar-refractivity contribution is 5.93. The largest absolute Gasteiger partial charge is 0.332 e. The first-order valence-electron chi connectivity index (χ1n) is 9.95. The number of benzene rings is 1. The molecule has 0 aliphatic carbocycles. The first-order valence-corrected chi connectivity index (χ1v) is 9.95. The third kappa shape index (κ3) is 2.87. The molecule has 0 spiro atoms. The Morgan fingerprint density at radius 3 is 2.74 bits per heavy atom. The van der Waals surface area contributed by atoms with Crippen LogP contribution in [-0.2, 0) is 13.1 Å². The molecule has 1 unspecified atom stereocenters. The molecular formula is C21H25FN4O. The van der Waals surface area contributed by atoms with E-state index in [1.165, 1.54) is 5.56 Å². The number of aryl methyl sites for hydroxylation is 1. The average Bonchev–Trinajstić information content (AvgIpc) is 3.22. The summed E-state index contributed by atoms with van der Waals surface area (Å²) in [5.41, 5.74) is 2.50. The van der Waals surface area contributed by atoms with Crippen LogP contribution in [0.3, 0.4) is 0 Å². The second-order valence-corrected chi connectivity index (χ2v) is 8.19. The number of amides is 1. The summed E-state index contributed by atoms with van der Waals surface area (Å²) < 4.78 is 15.7. The van der Waals surface area contributed by atoms with Crippen LogP contribution < -0.4 is 5.32 Å². The molecule has 2 fully saturated rings. The Balaban J connectivity index is 1.36. The van der Waals surface area contributed by atoms with Gasteiger partial charge in [0, 0.05) is 31.4 Å². The van der Waals surface area contributed by atoms with Crippen molar-refractivity contribution in [3.63, 3.8) is 0 Å². The Hall–Kier alpha value is -2.21. The van der Waals surface area contributed by atoms with Crippen LogP contribution in [0, 0.1) is 12.7 Å². The van der Waals surface area contributed by atoms with Crippen molar-refractivity contribution in [3.8, 4) is 0 Å². The Morgan fingerprint density at radius 2 is 2.04 bits per heavy atom. The monoisotopic (exact) mass is 368 g/mol. The lowest BCUT2D eigenvalue weighted by Crippen LogP contribution is -2.46. The number of nitrogens with zero attached hydrogens (tertiary/aromatic N) is 3. The van der Waals surface area contributed by atoms with Crippen LogP contribution in [0.15, 0.2) is 24.4 Å². The van der Waals surface area contributed by atoms with Gasteiger partial charge in [0.2, 0.25) is 0 Å². The summed E-state index contributed by atoms with van der Waals surface area (Å²) in [5.74, 6) is 1.30. The number of carbonyl (C=O) groups is 1. The number of halogens is 1. The minimum atomic E-state index is -0.146. The number of aromatic nitrogens is 2. The molecule has 3 atom stereocenters. The van der Waals surface area contributed by atoms with Crippen LogP contribution in [0.4, 0.5) is 4.39 Å². The third-order valence-corrected chi connectivity index (χ3v) is 6.51. The summed E-state index contributed by atoms with van der Waals surface area (Å²) in [4.78, 5) is 19.9. The molecular weight excluding hydrogens is 343 g/mol. The molecule has 4 heterocycles. The lowest BCUT2D eigenvalue weighted by Gasteiger charge is -2.39. The van der Waals surface area contributed by atoms with Gasteiger partial charge in [-0.1, -0.05) is 12.1 Å². The van der Waals surface area contributed by atoms with Crippen molar-refractivity contribution in [2.75, 3.05) is 6.54 Å². The zero-order valence-electron chi connectivity index (χ0n) is 15.6. The van der Waals surface area contributed by atoms with Gasteiger partial charge in [0.15, 0.2) is 0 Å². The molecule has 2 bridgehead atoms. The molecule has 3 aliphatic rings. The molecule has 27 heavy (non-hydrogen) atoms. The summed E-state index contributed by atoms with van der Waals surface area (Å²) >= 11 is 0. The standard InChI is InChI=1S/C21H25FN4O/c1-13-8-14(2-5-18(13)22)15-9-16-3-4-17(10-15)26(16)21(27)19-12-25-7-6-23-11-20(25)24-19/h2,5,8,12,15-17,23H,3-4,6-7,9-11H2,1H3/t15?,16-,17+. The minimum absolute atomic E-state index is 0.0816. The fraction of sp³-hybridized carbons (Fsp3) is 0.524. The van der Waals surface area contributed by atoms with Crippen LogP contribution in [0.5, 0.6) is 0 Å². The van der Waals surface area contributed by atoms with Gasteiger partial charge in [-0.2, -0.15) is 0 Å². The number of piperidine rings is 1. The molecule has 6 heteroatoms. The maximum absolute atomic E-state index is 13.6. The highest BCUT2D eigenvalue weighted by Gasteiger charge is 2.44. The van der Waals surface area contributed by atoms with Gasteiger partial charge in [-0.05, 0) is 55.7 Å². The fourth-order valence-corrected chi connectivity index (χ4v) is 5.13. The number of hydrogen-bond donors (Lipinski definition) is 1. The van der Waals surface area contributed by atoms with Gasteiger partial charge in [0.25, 0.3) is 5.91 Å². The van der Waals surface area contributed by atoms with E-state index in [9.17, 15) is 9.18 Å². The predicted molar refractivity (Wildman–Crippen MR) is 100 cm³/mol. The summed E-state index contributed by atoms with van der Waals surface area (Å²) in [6, 6.07) is 6.01. The van der Waals surface area contributed by atoms with Gasteiger partial charge >= 0.3 is 0 Å². The topological polar surface area (TPSA) is 50.2 Å². The van der Waals surface area contributed by atoms with Crippen molar-refractivity contribution >= 4 is 5.91 Å². The Kier molecular flexibility index (Phi) is 4.04. The quantitative estimate of drug-likeness (QED) is 0.887. The van der Waals surface area contributed by atoms with Crippen LogP contribution in [0.1, 0.15) is 59.0 Å². The van der Waals surface area contributed by atoms with E-state index in [1.807, 2.05) is 25.3 Å². The maximum Gasteiger partial charge on any atom is 0.274 e. The second-order valence-electron chi connectivity index (χ2n) is 8.19. The molecule has 1 aromatic carbocycles. The van der Waals surface area contributed by atoms with Gasteiger partial charge in [-0.3, -0.25) is 4.79 Å². The van der Waals surface area contributed by atoms with Crippen molar-refractivity contribution < 1.29 is 9.18 Å². The summed E-state index contributed by atoms with van der Waals surface area (Å²) in [7, 11) is 0. The fourth-order valence-electron chi connectivity index (χ4n) is 5.13. The maximum atomic E-state index is 13.6. The highest BCUT2D eigenvalue weighted by atomic mass is 19.1. The van der Waals surface area contributed by atoms with Crippen molar-refractivity contribution in [2.45, 2.75) is 63.7 Å². The molecule has 0 radical (unpaired) electrons. The molecule has 5 rings (SSSR count). The summed E-state index contributed by atoms with van der Waals surface area (Å²) in [6.07, 6.45) is 5.96. The molecule has 2 aromatic rings. The second kappa shape index (κ2) is 6.44. The van der Waals surface area contributed by atoms with E-state index >= 15 is 0 Å². The van der Waals surface area contributed by atoms with Crippen LogP contribution in [0.2, 0.25) is 0 Å². The molecule has 142 valence electrons. The Labute approximate surface area is 158 Å². The van der Waals surface area contributed by atoms with E-state index in [-0.39, 0.29) is 23.8 Å². The van der Waals surface area contributed by atoms with Crippen molar-refractivity contribution in [1.82, 2.24) is 19.8 Å². The van der Waals surface area contributed by atoms with Crippen LogP contribution in [0.25, 0.3) is 0 Å². The van der Waals surface area contributed by atoms with Gasteiger partial charge in [0.1, 0.15) is 17.3 Å². The average molecular weight is 368 g/mol. The van der Waals surface area contributed by atoms with Crippen LogP contribution >= 0.6 is 0 Å². The van der Waals surface area contributed by atoms with Gasteiger partial charge in [-0.25, -0.2) is 9.37 Å². The number of imidazole rings is 1. The number of rotatable bonds is 2. The molecule has 1 N–H and O–H groups in total. The molecule has 0 saturated carbocycles. The number of hydrogen-bond acceptors (Lipinski definition) is 3. The summed E-state index contributed by atoms with van der Waals surface area (Å²) in [6.45, 7) is 4.34. The SMILES string of the molecule is Cc1cc(C2C[C@H]3CC[C@@H](C2)N3C(=O)c2cn3c(n2)CNCC3)ccc1F. The molecule has 1 aromatic heterocycles. The highest BCUT2D eigenvalue weighted by Crippen LogP contribution is 2.43. The number of nitrogens with one attached hydrogen (secondary N) is 1. The minimum Gasteiger partial charge on any atom is -0.332 e. The van der Waals surface area contributed by atoms with E-state index < -0.39 is 0 Å². The van der Waals surface area contributed by atoms with Crippen molar-refractivity contribution in [1.29, 1.82) is 0 Å². The predicted octanol–water partition coefficient (Wildman–Crippen LogP) is 2.98. The van der Waals surface area contributed by atoms with Crippen molar-refractivity contribution in [2.24, 2.45) is 0 Å². The Bertz CT molecular complexity index is 855. The smallest absolute Gasteiger partial charge is 0.274 e. The van der Waals surface area contributed by atoms with Crippen LogP contribution in [-0.4, -0.2) is 39.0 Å². The molecule has 5 nitrogen and oxygen atoms in total. The molecule has 3 aliphatic heterocycles. The third-order valence-electron chi connectivity index (χ3n) is 6.51. The molecule has 2 saturated heterocycles. The van der Waals surface area contributed by atoms with E-state index in [1.54, 1.807) is 6.07 Å². The van der Waals surface area contributed by atoms with Gasteiger partial charge < -0.3 is 14.8 Å². The lowest BCUT2D eigenvalue weighted by atomic mass is 9.84. The first-order chi connectivity index (χ1) is 13.1. The van der Waals surface area contributed by atoms with Crippen molar-refractivity contribution in [3.05, 3.63) is 52.9 Å². The number of fused-ring (bicyclic) bond motifs is 3. The zero-order valence-corrected chi connectivity index (χ0v) is 15.6. The van der Waals surface area contributed by atoms with Gasteiger partial charge in [-0.15, -0.1) is 0 Å². The zero-order chi connectivity index (χ0) is 18.5. The van der Waals surface area contributed by atoms with E-state index in [0.29, 0.717) is 17.2 Å². The summed E-state index contributed by atoms with van der Waals surface area (Å²) in [5, 5.41) is 3.30. The van der Waals surface area contributed by atoms with E-state index in [2.05, 4.69) is 19.8 Å². The van der Waals surface area contributed by atoms with Gasteiger partial charge in [0.05, 0.1) is 6.54 Å².